The number of likely N-dealkylation sites (tertiary alicyclic amines) is 1. The molecule has 8 nitrogen and oxygen atoms in total. The van der Waals surface area contributed by atoms with E-state index in [1.807, 2.05) is 36.9 Å². The highest BCUT2D eigenvalue weighted by molar-refractivity contribution is 6.35. The zero-order valence-electron chi connectivity index (χ0n) is 20.2. The molecule has 2 aliphatic heterocycles. The third-order valence-corrected chi connectivity index (χ3v) is 8.09. The lowest BCUT2D eigenvalue weighted by molar-refractivity contribution is -0.143. The summed E-state index contributed by atoms with van der Waals surface area (Å²) in [6, 6.07) is 5.26. The first-order chi connectivity index (χ1) is 16.7. The Balaban J connectivity index is 1.41. The van der Waals surface area contributed by atoms with Crippen molar-refractivity contribution < 1.29 is 9.90 Å². The summed E-state index contributed by atoms with van der Waals surface area (Å²) >= 11 is 12.6. The molecule has 0 bridgehead atoms. The molecule has 1 aromatic carbocycles. The van der Waals surface area contributed by atoms with E-state index < -0.39 is 5.97 Å². The minimum Gasteiger partial charge on any atom is -0.480 e. The lowest BCUT2D eigenvalue weighted by atomic mass is 9.91. The molecule has 0 spiro atoms. The Morgan fingerprint density at radius 3 is 2.74 bits per heavy atom. The zero-order chi connectivity index (χ0) is 24.9. The van der Waals surface area contributed by atoms with Gasteiger partial charge in [-0.05, 0) is 63.3 Å². The maximum absolute atomic E-state index is 11.7. The fourth-order valence-corrected chi connectivity index (χ4v) is 6.29. The number of nitrogens with zero attached hydrogens (tertiary/aromatic N) is 6. The molecule has 2 aromatic heterocycles. The van der Waals surface area contributed by atoms with E-state index in [0.717, 1.165) is 67.1 Å². The van der Waals surface area contributed by atoms with Crippen LogP contribution in [0.4, 0.5) is 5.82 Å². The molecule has 2 saturated heterocycles. The van der Waals surface area contributed by atoms with Crippen molar-refractivity contribution >= 4 is 46.2 Å². The number of aryl methyl sites for hydroxylation is 1. The lowest BCUT2D eigenvalue weighted by Gasteiger charge is -2.43. The van der Waals surface area contributed by atoms with E-state index in [1.54, 1.807) is 6.07 Å². The number of carbonyl (C=O) groups is 1. The Kier molecular flexibility index (Phi) is 6.63. The molecule has 1 N–H and O–H groups in total. The summed E-state index contributed by atoms with van der Waals surface area (Å²) in [5, 5.41) is 15.5. The van der Waals surface area contributed by atoms with Gasteiger partial charge in [0, 0.05) is 29.2 Å². The number of aliphatic carboxylic acids is 1. The van der Waals surface area contributed by atoms with Crippen LogP contribution in [0.25, 0.3) is 11.2 Å². The molecular weight excluding hydrogens is 487 g/mol. The van der Waals surface area contributed by atoms with Gasteiger partial charge >= 0.3 is 5.97 Å². The van der Waals surface area contributed by atoms with Crippen molar-refractivity contribution in [3.05, 3.63) is 45.7 Å². The Hall–Kier alpha value is -2.42. The lowest BCUT2D eigenvalue weighted by Crippen LogP contribution is -2.53. The molecule has 0 amide bonds. The Bertz CT molecular complexity index is 1260. The van der Waals surface area contributed by atoms with Gasteiger partial charge in [0.15, 0.2) is 5.65 Å². The largest absolute Gasteiger partial charge is 0.480 e. The maximum Gasteiger partial charge on any atom is 0.320 e. The Morgan fingerprint density at radius 2 is 2.03 bits per heavy atom. The highest BCUT2D eigenvalue weighted by Gasteiger charge is 2.40. The number of carboxylic acids is 1. The molecule has 0 radical (unpaired) electrons. The van der Waals surface area contributed by atoms with Crippen LogP contribution >= 0.6 is 23.2 Å². The van der Waals surface area contributed by atoms with E-state index in [-0.39, 0.29) is 18.1 Å². The van der Waals surface area contributed by atoms with E-state index in [9.17, 15) is 9.90 Å². The van der Waals surface area contributed by atoms with Gasteiger partial charge < -0.3 is 10.0 Å². The van der Waals surface area contributed by atoms with Crippen LogP contribution in [0.15, 0.2) is 24.4 Å². The molecule has 5 rings (SSSR count). The molecule has 4 atom stereocenters. The first-order valence-corrected chi connectivity index (χ1v) is 12.9. The summed E-state index contributed by atoms with van der Waals surface area (Å²) in [6.07, 6.45) is 4.42. The van der Waals surface area contributed by atoms with Gasteiger partial charge in [0.05, 0.1) is 17.9 Å². The SMILES string of the molecule is Cc1nn([C@H](C)c2ccc(Cl)cc2Cl)c2nc(N3CC[C@H](N4CCC[C@H]4C(=O)O)[C@H](C)C3)cnc12. The number of hydrogen-bond acceptors (Lipinski definition) is 6. The summed E-state index contributed by atoms with van der Waals surface area (Å²) in [6.45, 7) is 8.66. The molecule has 0 unspecified atom stereocenters. The van der Waals surface area contributed by atoms with Gasteiger partial charge in [0.25, 0.3) is 0 Å². The van der Waals surface area contributed by atoms with Crippen LogP contribution < -0.4 is 4.90 Å². The highest BCUT2D eigenvalue weighted by atomic mass is 35.5. The second-order valence-electron chi connectivity index (χ2n) is 9.79. The molecule has 10 heteroatoms. The van der Waals surface area contributed by atoms with Crippen molar-refractivity contribution in [1.29, 1.82) is 0 Å². The van der Waals surface area contributed by atoms with E-state index in [4.69, 9.17) is 38.3 Å². The van der Waals surface area contributed by atoms with Crippen molar-refractivity contribution in [2.75, 3.05) is 24.5 Å². The highest BCUT2D eigenvalue weighted by Crippen LogP contribution is 2.33. The molecule has 2 aliphatic rings. The van der Waals surface area contributed by atoms with Crippen LogP contribution in [-0.4, -0.2) is 67.4 Å². The summed E-state index contributed by atoms with van der Waals surface area (Å²) < 4.78 is 1.88. The number of aromatic nitrogens is 4. The predicted molar refractivity (Wildman–Crippen MR) is 137 cm³/mol. The number of carboxylic acid groups (broad SMARTS) is 1. The van der Waals surface area contributed by atoms with Crippen LogP contribution in [0.5, 0.6) is 0 Å². The number of halogens is 2. The molecule has 186 valence electrons. The van der Waals surface area contributed by atoms with Gasteiger partial charge in [0.2, 0.25) is 0 Å². The van der Waals surface area contributed by atoms with Gasteiger partial charge in [-0.2, -0.15) is 5.10 Å². The summed E-state index contributed by atoms with van der Waals surface area (Å²) in [4.78, 5) is 25.9. The zero-order valence-corrected chi connectivity index (χ0v) is 21.7. The van der Waals surface area contributed by atoms with E-state index in [1.165, 1.54) is 0 Å². The monoisotopic (exact) mass is 516 g/mol. The number of benzene rings is 1. The molecule has 35 heavy (non-hydrogen) atoms. The smallest absolute Gasteiger partial charge is 0.320 e. The minimum atomic E-state index is -0.702. The van der Waals surface area contributed by atoms with Crippen molar-refractivity contribution in [2.45, 2.75) is 58.2 Å². The maximum atomic E-state index is 11.7. The minimum absolute atomic E-state index is 0.145. The molecule has 0 aliphatic carbocycles. The quantitative estimate of drug-likeness (QED) is 0.520. The van der Waals surface area contributed by atoms with Gasteiger partial charge in [-0.3, -0.25) is 9.69 Å². The molecule has 4 heterocycles. The molecule has 0 saturated carbocycles. The topological polar surface area (TPSA) is 87.4 Å². The number of hydrogen-bond donors (Lipinski definition) is 1. The summed E-state index contributed by atoms with van der Waals surface area (Å²) in [5.41, 5.74) is 3.23. The van der Waals surface area contributed by atoms with Gasteiger partial charge in [0.1, 0.15) is 17.4 Å². The third-order valence-electron chi connectivity index (χ3n) is 7.53. The number of fused-ring (bicyclic) bond motifs is 1. The van der Waals surface area contributed by atoms with Crippen LogP contribution in [0.2, 0.25) is 10.0 Å². The fraction of sp³-hybridized carbons (Fsp3) is 0.520. The first-order valence-electron chi connectivity index (χ1n) is 12.1. The van der Waals surface area contributed by atoms with Gasteiger partial charge in [-0.1, -0.05) is 36.2 Å². The van der Waals surface area contributed by atoms with E-state index in [0.29, 0.717) is 16.0 Å². The number of piperidine rings is 1. The van der Waals surface area contributed by atoms with Crippen molar-refractivity contribution in [3.8, 4) is 0 Å². The van der Waals surface area contributed by atoms with Gasteiger partial charge in [-0.15, -0.1) is 0 Å². The van der Waals surface area contributed by atoms with Crippen LogP contribution in [0.1, 0.15) is 50.4 Å². The molecule has 2 fully saturated rings. The third kappa shape index (κ3) is 4.47. The van der Waals surface area contributed by atoms with Crippen molar-refractivity contribution in [2.24, 2.45) is 5.92 Å². The van der Waals surface area contributed by atoms with Crippen molar-refractivity contribution in [3.63, 3.8) is 0 Å². The van der Waals surface area contributed by atoms with Crippen LogP contribution in [0.3, 0.4) is 0 Å². The van der Waals surface area contributed by atoms with Gasteiger partial charge in [-0.25, -0.2) is 14.6 Å². The summed E-state index contributed by atoms with van der Waals surface area (Å²) in [7, 11) is 0. The fourth-order valence-electron chi connectivity index (χ4n) is 5.72. The van der Waals surface area contributed by atoms with Crippen LogP contribution in [-0.2, 0) is 4.79 Å². The van der Waals surface area contributed by atoms with E-state index in [2.05, 4.69) is 16.7 Å². The number of rotatable bonds is 5. The second-order valence-corrected chi connectivity index (χ2v) is 10.6. The van der Waals surface area contributed by atoms with Crippen molar-refractivity contribution in [1.82, 2.24) is 24.6 Å². The average Bonchev–Trinajstić information content (AvgIpc) is 3.43. The van der Waals surface area contributed by atoms with Crippen LogP contribution in [0, 0.1) is 12.8 Å². The molecular formula is C25H30Cl2N6O2. The standard InChI is InChI=1S/C25H30Cl2N6O2/c1-14-13-31(10-8-20(14)32-9-4-5-21(32)25(34)35)22-12-28-23-15(2)30-33(24(23)29-22)16(3)18-7-6-17(26)11-19(18)27/h6-7,11-12,14,16,20-21H,4-5,8-10,13H2,1-3H3,(H,34,35)/t14-,16-,20+,21+/m1/s1. The normalized spacial score (nSPS) is 24.3. The summed E-state index contributed by atoms with van der Waals surface area (Å²) in [5.74, 6) is 0.432. The molecule has 3 aromatic rings. The Labute approximate surface area is 214 Å². The van der Waals surface area contributed by atoms with E-state index >= 15 is 0 Å². The first kappa shape index (κ1) is 24.3. The number of anilines is 1. The Morgan fingerprint density at radius 1 is 1.23 bits per heavy atom. The predicted octanol–water partition coefficient (Wildman–Crippen LogP) is 4.81. The average molecular weight is 517 g/mol. The second kappa shape index (κ2) is 9.56.